The second-order valence-electron chi connectivity index (χ2n) is 5.90. The molecule has 3 aromatic rings. The third-order valence-electron chi connectivity index (χ3n) is 3.98. The Balaban J connectivity index is 1.98. The summed E-state index contributed by atoms with van der Waals surface area (Å²) in [6.07, 6.45) is 1.92. The molecule has 2 aromatic carbocycles. The summed E-state index contributed by atoms with van der Waals surface area (Å²) in [5.74, 6) is 1.35. The molecule has 0 unspecified atom stereocenters. The Morgan fingerprint density at radius 2 is 1.92 bits per heavy atom. The summed E-state index contributed by atoms with van der Waals surface area (Å²) in [7, 11) is 0. The fraction of sp³-hybridized carbons (Fsp3) is 0.278. The average molecular weight is 325 g/mol. The Morgan fingerprint density at radius 1 is 1.21 bits per heavy atom. The number of nitro benzene ring substituents is 1. The maximum atomic E-state index is 10.9. The molecule has 0 aliphatic carbocycles. The van der Waals surface area contributed by atoms with Crippen LogP contribution in [0.4, 0.5) is 5.69 Å². The number of aromatic nitrogens is 2. The molecule has 124 valence electrons. The third-order valence-corrected chi connectivity index (χ3v) is 3.98. The Hall–Kier alpha value is -2.89. The maximum Gasteiger partial charge on any atom is 0.270 e. The number of nitrogens with zero attached hydrogens (tertiary/aromatic N) is 2. The molecular weight excluding hydrogens is 306 g/mol. The zero-order valence-electron chi connectivity index (χ0n) is 13.9. The summed E-state index contributed by atoms with van der Waals surface area (Å²) in [6.45, 7) is 5.74. The highest BCUT2D eigenvalue weighted by Gasteiger charge is 2.14. The number of aryl methyl sites for hydroxylation is 3. The van der Waals surface area contributed by atoms with Crippen molar-refractivity contribution in [2.75, 3.05) is 0 Å². The molecule has 0 bridgehead atoms. The Labute approximate surface area is 139 Å². The molecule has 24 heavy (non-hydrogen) atoms. The van der Waals surface area contributed by atoms with E-state index in [2.05, 4.69) is 17.1 Å². The summed E-state index contributed by atoms with van der Waals surface area (Å²) in [5.41, 5.74) is 3.55. The predicted molar refractivity (Wildman–Crippen MR) is 92.7 cm³/mol. The summed E-state index contributed by atoms with van der Waals surface area (Å²) >= 11 is 0. The zero-order valence-corrected chi connectivity index (χ0v) is 13.9. The first-order valence-electron chi connectivity index (χ1n) is 7.90. The van der Waals surface area contributed by atoms with Gasteiger partial charge < -0.3 is 4.74 Å². The SMILES string of the molecule is CCCc1n[nH]c2ccc(Oc3c(C)cc([N+](=O)[O-])cc3C)cc12. The van der Waals surface area contributed by atoms with E-state index in [1.54, 1.807) is 0 Å². The van der Waals surface area contributed by atoms with E-state index in [9.17, 15) is 10.1 Å². The van der Waals surface area contributed by atoms with Gasteiger partial charge in [0.1, 0.15) is 11.5 Å². The second-order valence-corrected chi connectivity index (χ2v) is 5.90. The summed E-state index contributed by atoms with van der Waals surface area (Å²) in [5, 5.41) is 19.4. The van der Waals surface area contributed by atoms with Crippen molar-refractivity contribution < 1.29 is 9.66 Å². The van der Waals surface area contributed by atoms with Gasteiger partial charge in [0.25, 0.3) is 5.69 Å². The molecule has 0 saturated heterocycles. The van der Waals surface area contributed by atoms with Crippen molar-refractivity contribution in [3.05, 3.63) is 57.3 Å². The normalized spacial score (nSPS) is 11.0. The largest absolute Gasteiger partial charge is 0.457 e. The number of nitro groups is 1. The van der Waals surface area contributed by atoms with Gasteiger partial charge in [-0.2, -0.15) is 5.10 Å². The fourth-order valence-electron chi connectivity index (χ4n) is 2.85. The molecule has 1 N–H and O–H groups in total. The molecule has 1 heterocycles. The molecular formula is C18H19N3O3. The topological polar surface area (TPSA) is 81.0 Å². The number of aromatic amines is 1. The van der Waals surface area contributed by atoms with E-state index in [-0.39, 0.29) is 5.69 Å². The van der Waals surface area contributed by atoms with Crippen LogP contribution in [0.2, 0.25) is 0 Å². The van der Waals surface area contributed by atoms with E-state index in [1.165, 1.54) is 12.1 Å². The van der Waals surface area contributed by atoms with Gasteiger partial charge in [-0.15, -0.1) is 0 Å². The lowest BCUT2D eigenvalue weighted by Gasteiger charge is -2.12. The number of rotatable bonds is 5. The van der Waals surface area contributed by atoms with E-state index in [0.29, 0.717) is 11.5 Å². The number of H-pyrrole nitrogens is 1. The number of hydrogen-bond donors (Lipinski definition) is 1. The van der Waals surface area contributed by atoms with Gasteiger partial charge in [0.15, 0.2) is 0 Å². The van der Waals surface area contributed by atoms with Crippen LogP contribution in [0.3, 0.4) is 0 Å². The molecule has 0 radical (unpaired) electrons. The van der Waals surface area contributed by atoms with Crippen molar-refractivity contribution in [3.8, 4) is 11.5 Å². The number of hydrogen-bond acceptors (Lipinski definition) is 4. The minimum absolute atomic E-state index is 0.0767. The molecule has 0 amide bonds. The standard InChI is InChI=1S/C18H19N3O3/c1-4-5-16-15-10-14(6-7-17(15)20-19-16)24-18-11(2)8-13(21(22)23)9-12(18)3/h6-10H,4-5H2,1-3H3,(H,19,20). The highest BCUT2D eigenvalue weighted by Crippen LogP contribution is 2.33. The highest BCUT2D eigenvalue weighted by atomic mass is 16.6. The maximum absolute atomic E-state index is 10.9. The summed E-state index contributed by atoms with van der Waals surface area (Å²) < 4.78 is 6.02. The summed E-state index contributed by atoms with van der Waals surface area (Å²) in [4.78, 5) is 10.6. The number of fused-ring (bicyclic) bond motifs is 1. The van der Waals surface area contributed by atoms with Crippen molar-refractivity contribution in [2.45, 2.75) is 33.6 Å². The van der Waals surface area contributed by atoms with Gasteiger partial charge >= 0.3 is 0 Å². The van der Waals surface area contributed by atoms with Gasteiger partial charge in [-0.3, -0.25) is 15.2 Å². The number of benzene rings is 2. The molecule has 0 atom stereocenters. The first-order chi connectivity index (χ1) is 11.5. The van der Waals surface area contributed by atoms with E-state index in [0.717, 1.165) is 40.6 Å². The van der Waals surface area contributed by atoms with Crippen LogP contribution < -0.4 is 4.74 Å². The Morgan fingerprint density at radius 3 is 2.54 bits per heavy atom. The Kier molecular flexibility index (Phi) is 4.20. The van der Waals surface area contributed by atoms with Crippen molar-refractivity contribution >= 4 is 16.6 Å². The lowest BCUT2D eigenvalue weighted by Crippen LogP contribution is -1.95. The molecule has 0 saturated carbocycles. The van der Waals surface area contributed by atoms with Crippen LogP contribution in [-0.4, -0.2) is 15.1 Å². The smallest absolute Gasteiger partial charge is 0.270 e. The first kappa shape index (κ1) is 16.0. The van der Waals surface area contributed by atoms with Crippen LogP contribution in [0, 0.1) is 24.0 Å². The van der Waals surface area contributed by atoms with E-state index >= 15 is 0 Å². The van der Waals surface area contributed by atoms with Crippen molar-refractivity contribution in [1.29, 1.82) is 0 Å². The average Bonchev–Trinajstić information content (AvgIpc) is 2.93. The van der Waals surface area contributed by atoms with Gasteiger partial charge in [-0.25, -0.2) is 0 Å². The highest BCUT2D eigenvalue weighted by molar-refractivity contribution is 5.83. The predicted octanol–water partition coefficient (Wildman–Crippen LogP) is 4.83. The van der Waals surface area contributed by atoms with Gasteiger partial charge in [-0.05, 0) is 49.6 Å². The lowest BCUT2D eigenvalue weighted by molar-refractivity contribution is -0.385. The Bertz CT molecular complexity index is 892. The second kappa shape index (κ2) is 6.31. The van der Waals surface area contributed by atoms with Gasteiger partial charge in [-0.1, -0.05) is 13.3 Å². The molecule has 6 heteroatoms. The molecule has 0 aliphatic heterocycles. The monoisotopic (exact) mass is 325 g/mol. The van der Waals surface area contributed by atoms with Gasteiger partial charge in [0.2, 0.25) is 0 Å². The molecule has 0 fully saturated rings. The molecule has 1 aromatic heterocycles. The van der Waals surface area contributed by atoms with E-state index < -0.39 is 4.92 Å². The minimum atomic E-state index is -0.391. The number of non-ortho nitro benzene ring substituents is 1. The number of nitrogens with one attached hydrogen (secondary N) is 1. The fourth-order valence-corrected chi connectivity index (χ4v) is 2.85. The van der Waals surface area contributed by atoms with Crippen LogP contribution in [-0.2, 0) is 6.42 Å². The molecule has 6 nitrogen and oxygen atoms in total. The quantitative estimate of drug-likeness (QED) is 0.538. The van der Waals surface area contributed by atoms with E-state index in [1.807, 2.05) is 32.0 Å². The third kappa shape index (κ3) is 2.95. The van der Waals surface area contributed by atoms with Gasteiger partial charge in [0, 0.05) is 17.5 Å². The van der Waals surface area contributed by atoms with Crippen LogP contribution >= 0.6 is 0 Å². The summed E-state index contributed by atoms with van der Waals surface area (Å²) in [6, 6.07) is 8.83. The molecule has 0 spiro atoms. The van der Waals surface area contributed by atoms with E-state index in [4.69, 9.17) is 4.74 Å². The number of ether oxygens (including phenoxy) is 1. The van der Waals surface area contributed by atoms with Gasteiger partial charge in [0.05, 0.1) is 16.1 Å². The minimum Gasteiger partial charge on any atom is -0.457 e. The lowest BCUT2D eigenvalue weighted by atomic mass is 10.1. The van der Waals surface area contributed by atoms with Crippen molar-refractivity contribution in [2.24, 2.45) is 0 Å². The van der Waals surface area contributed by atoms with Crippen LogP contribution in [0.5, 0.6) is 11.5 Å². The van der Waals surface area contributed by atoms with Crippen LogP contribution in [0.15, 0.2) is 30.3 Å². The van der Waals surface area contributed by atoms with Crippen molar-refractivity contribution in [1.82, 2.24) is 10.2 Å². The first-order valence-corrected chi connectivity index (χ1v) is 7.90. The molecule has 3 rings (SSSR count). The van der Waals surface area contributed by atoms with Crippen LogP contribution in [0.1, 0.15) is 30.2 Å². The zero-order chi connectivity index (χ0) is 17.3. The van der Waals surface area contributed by atoms with Crippen LogP contribution in [0.25, 0.3) is 10.9 Å². The molecule has 0 aliphatic rings. The van der Waals surface area contributed by atoms with Crippen molar-refractivity contribution in [3.63, 3.8) is 0 Å².